The number of allylic oxidation sites excluding steroid dienone is 1. The number of unbranched alkanes of at least 4 members (excludes halogenated alkanes) is 67. The van der Waals surface area contributed by atoms with Crippen molar-refractivity contribution in [2.45, 2.75) is 488 Å². The second-order valence-electron chi connectivity index (χ2n) is 28.5. The molecule has 0 heterocycles. The summed E-state index contributed by atoms with van der Waals surface area (Å²) in [4.78, 5) is 24.6. The predicted octanol–water partition coefficient (Wildman–Crippen LogP) is 27.1. The lowest BCUT2D eigenvalue weighted by Crippen LogP contribution is -2.45. The largest absolute Gasteiger partial charge is 0.466 e. The number of ether oxygens (including phenoxy) is 1. The SMILES string of the molecule is CCCCCCCCCCCCCCCCCCCCCCCC/C=C/C(O)C(CO)NC(=O)CCCCCCCCCCCCCCCCCCCCCCCCCCCCCCCCCCCOC(=O)CCCCCCCCCCCCCCCC. The van der Waals surface area contributed by atoms with Crippen LogP contribution in [0.15, 0.2) is 12.2 Å². The first-order valence-electron chi connectivity index (χ1n) is 41.0. The summed E-state index contributed by atoms with van der Waals surface area (Å²) in [6.45, 7) is 4.97. The number of carbonyl (C=O) groups is 2. The molecular formula is C82H161NO5. The van der Waals surface area contributed by atoms with Crippen molar-refractivity contribution in [3.63, 3.8) is 0 Å². The van der Waals surface area contributed by atoms with Crippen molar-refractivity contribution in [1.29, 1.82) is 0 Å². The maximum atomic E-state index is 12.6. The topological polar surface area (TPSA) is 95.9 Å². The summed E-state index contributed by atoms with van der Waals surface area (Å²) in [5, 5.41) is 23.3. The van der Waals surface area contributed by atoms with Gasteiger partial charge >= 0.3 is 5.97 Å². The van der Waals surface area contributed by atoms with Crippen LogP contribution < -0.4 is 5.32 Å². The number of carbonyl (C=O) groups excluding carboxylic acids is 2. The Morgan fingerprint density at radius 3 is 0.773 bits per heavy atom. The van der Waals surface area contributed by atoms with Gasteiger partial charge in [-0.25, -0.2) is 0 Å². The molecule has 2 atom stereocenters. The van der Waals surface area contributed by atoms with E-state index in [1.54, 1.807) is 6.08 Å². The van der Waals surface area contributed by atoms with Gasteiger partial charge in [0.1, 0.15) is 0 Å². The lowest BCUT2D eigenvalue weighted by atomic mass is 10.0. The third-order valence-electron chi connectivity index (χ3n) is 19.6. The monoisotopic (exact) mass is 1240 g/mol. The molecule has 1 amide bonds. The van der Waals surface area contributed by atoms with E-state index in [0.29, 0.717) is 19.4 Å². The van der Waals surface area contributed by atoms with Crippen molar-refractivity contribution in [3.05, 3.63) is 12.2 Å². The predicted molar refractivity (Wildman–Crippen MR) is 389 cm³/mol. The highest BCUT2D eigenvalue weighted by atomic mass is 16.5. The lowest BCUT2D eigenvalue weighted by Gasteiger charge is -2.20. The Bertz CT molecular complexity index is 1340. The van der Waals surface area contributed by atoms with Crippen LogP contribution in [-0.4, -0.2) is 47.4 Å². The van der Waals surface area contributed by atoms with E-state index >= 15 is 0 Å². The van der Waals surface area contributed by atoms with Crippen molar-refractivity contribution in [1.82, 2.24) is 5.32 Å². The Hall–Kier alpha value is -1.40. The van der Waals surface area contributed by atoms with Gasteiger partial charge < -0.3 is 20.3 Å². The normalized spacial score (nSPS) is 12.5. The van der Waals surface area contributed by atoms with Gasteiger partial charge in [-0.15, -0.1) is 0 Å². The van der Waals surface area contributed by atoms with E-state index in [4.69, 9.17) is 4.74 Å². The summed E-state index contributed by atoms with van der Waals surface area (Å²) < 4.78 is 5.50. The van der Waals surface area contributed by atoms with Crippen LogP contribution in [0.1, 0.15) is 476 Å². The van der Waals surface area contributed by atoms with Gasteiger partial charge in [0.15, 0.2) is 0 Å². The molecule has 0 aromatic rings. The molecule has 524 valence electrons. The first kappa shape index (κ1) is 86.6. The van der Waals surface area contributed by atoms with Gasteiger partial charge in [-0.1, -0.05) is 443 Å². The number of hydrogen-bond donors (Lipinski definition) is 3. The number of aliphatic hydroxyl groups excluding tert-OH is 2. The summed E-state index contributed by atoms with van der Waals surface area (Å²) >= 11 is 0. The van der Waals surface area contributed by atoms with Crippen LogP contribution in [0.25, 0.3) is 0 Å². The van der Waals surface area contributed by atoms with Crippen molar-refractivity contribution in [2.24, 2.45) is 0 Å². The maximum absolute atomic E-state index is 12.6. The molecule has 0 saturated carbocycles. The zero-order chi connectivity index (χ0) is 63.5. The van der Waals surface area contributed by atoms with Crippen LogP contribution >= 0.6 is 0 Å². The summed E-state index contributed by atoms with van der Waals surface area (Å²) in [5.74, 6) is -0.0322. The highest BCUT2D eigenvalue weighted by Crippen LogP contribution is 2.21. The summed E-state index contributed by atoms with van der Waals surface area (Å²) in [6.07, 6.45) is 99.2. The molecule has 0 aromatic heterocycles. The summed E-state index contributed by atoms with van der Waals surface area (Å²) in [6, 6.07) is -0.625. The molecule has 88 heavy (non-hydrogen) atoms. The van der Waals surface area contributed by atoms with E-state index < -0.39 is 12.1 Å². The lowest BCUT2D eigenvalue weighted by molar-refractivity contribution is -0.143. The number of amides is 1. The van der Waals surface area contributed by atoms with Gasteiger partial charge in [-0.05, 0) is 32.1 Å². The molecule has 3 N–H and O–H groups in total. The number of rotatable bonds is 78. The number of hydrogen-bond acceptors (Lipinski definition) is 5. The number of aliphatic hydroxyl groups is 2. The fourth-order valence-electron chi connectivity index (χ4n) is 13.3. The van der Waals surface area contributed by atoms with Gasteiger partial charge in [0.2, 0.25) is 5.91 Å². The fraction of sp³-hybridized carbons (Fsp3) is 0.951. The first-order chi connectivity index (χ1) is 43.5. The second-order valence-corrected chi connectivity index (χ2v) is 28.5. The molecule has 0 aliphatic carbocycles. The minimum Gasteiger partial charge on any atom is -0.466 e. The molecule has 0 aliphatic rings. The average molecular weight is 1240 g/mol. The van der Waals surface area contributed by atoms with Gasteiger partial charge in [0.25, 0.3) is 0 Å². The third kappa shape index (κ3) is 73.6. The Kier molecular flexibility index (Phi) is 76.8. The quantitative estimate of drug-likeness (QED) is 0.0320. The van der Waals surface area contributed by atoms with E-state index in [0.717, 1.165) is 38.5 Å². The first-order valence-corrected chi connectivity index (χ1v) is 41.0. The van der Waals surface area contributed by atoms with Crippen LogP contribution in [0.5, 0.6) is 0 Å². The average Bonchev–Trinajstić information content (AvgIpc) is 3.58. The van der Waals surface area contributed by atoms with Gasteiger partial charge in [-0.2, -0.15) is 0 Å². The third-order valence-corrected chi connectivity index (χ3v) is 19.6. The molecule has 6 heteroatoms. The van der Waals surface area contributed by atoms with Crippen LogP contribution in [0.3, 0.4) is 0 Å². The molecule has 0 aliphatic heterocycles. The van der Waals surface area contributed by atoms with E-state index in [1.165, 1.54) is 411 Å². The molecule has 6 nitrogen and oxygen atoms in total. The van der Waals surface area contributed by atoms with Crippen LogP contribution in [0.4, 0.5) is 0 Å². The van der Waals surface area contributed by atoms with Crippen LogP contribution in [0.2, 0.25) is 0 Å². The number of nitrogens with one attached hydrogen (secondary N) is 1. The minimum absolute atomic E-state index is 0.0250. The maximum Gasteiger partial charge on any atom is 0.305 e. The van der Waals surface area contributed by atoms with Gasteiger partial charge in [0.05, 0.1) is 25.4 Å². The van der Waals surface area contributed by atoms with E-state index in [1.807, 2.05) is 6.08 Å². The van der Waals surface area contributed by atoms with Gasteiger partial charge in [0, 0.05) is 12.8 Å². The van der Waals surface area contributed by atoms with E-state index in [-0.39, 0.29) is 18.5 Å². The highest BCUT2D eigenvalue weighted by molar-refractivity contribution is 5.76. The number of esters is 1. The zero-order valence-electron chi connectivity index (χ0n) is 60.3. The molecule has 0 aromatic carbocycles. The van der Waals surface area contributed by atoms with Crippen LogP contribution in [0, 0.1) is 0 Å². The molecule has 0 saturated heterocycles. The Labute approximate surface area is 552 Å². The molecule has 0 radical (unpaired) electrons. The minimum atomic E-state index is -0.842. The zero-order valence-corrected chi connectivity index (χ0v) is 60.3. The molecule has 0 fully saturated rings. The smallest absolute Gasteiger partial charge is 0.305 e. The molecule has 0 bridgehead atoms. The molecular weight excluding hydrogens is 1080 g/mol. The second kappa shape index (κ2) is 78.0. The van der Waals surface area contributed by atoms with Crippen molar-refractivity contribution < 1.29 is 24.5 Å². The van der Waals surface area contributed by atoms with Crippen molar-refractivity contribution in [2.75, 3.05) is 13.2 Å². The fourth-order valence-corrected chi connectivity index (χ4v) is 13.3. The van der Waals surface area contributed by atoms with E-state index in [9.17, 15) is 19.8 Å². The van der Waals surface area contributed by atoms with E-state index in [2.05, 4.69) is 19.2 Å². The molecule has 2 unspecified atom stereocenters. The van der Waals surface area contributed by atoms with Gasteiger partial charge in [-0.3, -0.25) is 9.59 Å². The summed E-state index contributed by atoms with van der Waals surface area (Å²) in [7, 11) is 0. The Balaban J connectivity index is 3.34. The van der Waals surface area contributed by atoms with Crippen molar-refractivity contribution in [3.8, 4) is 0 Å². The molecule has 0 spiro atoms. The highest BCUT2D eigenvalue weighted by Gasteiger charge is 2.18. The Morgan fingerprint density at radius 2 is 0.523 bits per heavy atom. The van der Waals surface area contributed by atoms with Crippen LogP contribution in [-0.2, 0) is 14.3 Å². The standard InChI is InChI=1S/C82H161NO5/c1-3-5-7-9-11-13-15-17-19-20-21-22-23-35-38-41-44-47-50-54-58-62-66-70-74-80(85)79(78-84)83-81(86)75-71-67-63-59-55-51-48-45-42-39-36-33-31-29-27-25-24-26-28-30-32-34-37-40-43-46-49-53-57-61-65-69-73-77-88-82(87)76-72-68-64-60-56-52-18-16-14-12-10-8-6-4-2/h70,74,79-80,84-85H,3-69,71-73,75-78H2,1-2H3,(H,83,86)/b74-70+. The molecule has 0 rings (SSSR count). The van der Waals surface area contributed by atoms with Crippen molar-refractivity contribution >= 4 is 11.9 Å². The Morgan fingerprint density at radius 1 is 0.307 bits per heavy atom. The summed E-state index contributed by atoms with van der Waals surface area (Å²) in [5.41, 5.74) is 0.